The zero-order chi connectivity index (χ0) is 17.1. The van der Waals surface area contributed by atoms with E-state index in [1.807, 2.05) is 33.8 Å². The monoisotopic (exact) mass is 382 g/mol. The van der Waals surface area contributed by atoms with Crippen LogP contribution in [0, 0.1) is 0 Å². The standard InChI is InChI=1S/C18H23ClN4O.ClH/c1-13(2)17-16(18(24)22-9-4-7-20-8-10-22)12-21-23(17)15-6-3-5-14(19)11-15;/h3,5-6,11-13,20H,4,7-10H2,1-2H3;1H. The van der Waals surface area contributed by atoms with Crippen LogP contribution in [0.1, 0.15) is 42.2 Å². The van der Waals surface area contributed by atoms with E-state index in [9.17, 15) is 4.79 Å². The van der Waals surface area contributed by atoms with Crippen LogP contribution in [-0.2, 0) is 0 Å². The lowest BCUT2D eigenvalue weighted by Gasteiger charge is -2.21. The van der Waals surface area contributed by atoms with Crippen LogP contribution < -0.4 is 5.32 Å². The predicted molar refractivity (Wildman–Crippen MR) is 103 cm³/mol. The summed E-state index contributed by atoms with van der Waals surface area (Å²) in [5.74, 6) is 0.242. The number of carbonyl (C=O) groups excluding carboxylic acids is 1. The van der Waals surface area contributed by atoms with Crippen molar-refractivity contribution in [3.05, 3.63) is 46.7 Å². The predicted octanol–water partition coefficient (Wildman–Crippen LogP) is 3.51. The maximum absolute atomic E-state index is 13.0. The van der Waals surface area contributed by atoms with E-state index in [4.69, 9.17) is 11.6 Å². The second kappa shape index (κ2) is 8.70. The van der Waals surface area contributed by atoms with Crippen molar-refractivity contribution in [1.82, 2.24) is 20.0 Å². The van der Waals surface area contributed by atoms with Gasteiger partial charge in [0, 0.05) is 24.7 Å². The number of hydrogen-bond donors (Lipinski definition) is 1. The highest BCUT2D eigenvalue weighted by atomic mass is 35.5. The van der Waals surface area contributed by atoms with Gasteiger partial charge in [-0.05, 0) is 37.1 Å². The molecule has 1 amide bonds. The SMILES string of the molecule is CC(C)c1c(C(=O)N2CCCNCC2)cnn1-c1cccc(Cl)c1.Cl. The largest absolute Gasteiger partial charge is 0.337 e. The van der Waals surface area contributed by atoms with E-state index in [-0.39, 0.29) is 24.2 Å². The topological polar surface area (TPSA) is 50.2 Å². The number of nitrogens with zero attached hydrogens (tertiary/aromatic N) is 3. The van der Waals surface area contributed by atoms with E-state index < -0.39 is 0 Å². The molecule has 1 aromatic carbocycles. The van der Waals surface area contributed by atoms with Gasteiger partial charge in [0.25, 0.3) is 5.91 Å². The van der Waals surface area contributed by atoms with Crippen molar-refractivity contribution < 1.29 is 4.79 Å². The smallest absolute Gasteiger partial charge is 0.257 e. The molecule has 1 fully saturated rings. The first-order valence-electron chi connectivity index (χ1n) is 8.42. The van der Waals surface area contributed by atoms with Crippen molar-refractivity contribution in [1.29, 1.82) is 0 Å². The number of benzene rings is 1. The van der Waals surface area contributed by atoms with Crippen LogP contribution in [0.5, 0.6) is 0 Å². The highest BCUT2D eigenvalue weighted by molar-refractivity contribution is 6.30. The third kappa shape index (κ3) is 4.35. The van der Waals surface area contributed by atoms with Gasteiger partial charge in [-0.15, -0.1) is 12.4 Å². The minimum Gasteiger partial charge on any atom is -0.337 e. The van der Waals surface area contributed by atoms with Gasteiger partial charge >= 0.3 is 0 Å². The fourth-order valence-electron chi connectivity index (χ4n) is 3.11. The number of rotatable bonds is 3. The van der Waals surface area contributed by atoms with Gasteiger partial charge in [0.1, 0.15) is 0 Å². The van der Waals surface area contributed by atoms with E-state index in [0.717, 1.165) is 44.0 Å². The van der Waals surface area contributed by atoms with Crippen molar-refractivity contribution in [3.63, 3.8) is 0 Å². The van der Waals surface area contributed by atoms with E-state index in [0.29, 0.717) is 10.6 Å². The van der Waals surface area contributed by atoms with Crippen LogP contribution in [-0.4, -0.2) is 46.8 Å². The number of amides is 1. The summed E-state index contributed by atoms with van der Waals surface area (Å²) in [7, 11) is 0. The van der Waals surface area contributed by atoms with Crippen LogP contribution in [0.2, 0.25) is 5.02 Å². The van der Waals surface area contributed by atoms with E-state index in [1.165, 1.54) is 0 Å². The Morgan fingerprint density at radius 1 is 1.28 bits per heavy atom. The normalized spacial score (nSPS) is 15.0. The second-order valence-corrected chi connectivity index (χ2v) is 6.82. The van der Waals surface area contributed by atoms with Crippen molar-refractivity contribution in [3.8, 4) is 5.69 Å². The zero-order valence-corrected chi connectivity index (χ0v) is 16.1. The van der Waals surface area contributed by atoms with Crippen LogP contribution in [0.25, 0.3) is 5.69 Å². The maximum atomic E-state index is 13.0. The molecule has 0 radical (unpaired) electrons. The van der Waals surface area contributed by atoms with Crippen LogP contribution in [0.15, 0.2) is 30.5 Å². The second-order valence-electron chi connectivity index (χ2n) is 6.39. The molecular formula is C18H24Cl2N4O. The average Bonchev–Trinajstić information content (AvgIpc) is 2.83. The summed E-state index contributed by atoms with van der Waals surface area (Å²) in [6, 6.07) is 7.55. The Morgan fingerprint density at radius 2 is 2.08 bits per heavy atom. The molecule has 7 heteroatoms. The van der Waals surface area contributed by atoms with Gasteiger partial charge in [0.05, 0.1) is 23.1 Å². The Kier molecular flexibility index (Phi) is 6.87. The number of nitrogens with one attached hydrogen (secondary N) is 1. The molecule has 1 saturated heterocycles. The molecule has 2 heterocycles. The molecule has 2 aromatic rings. The minimum atomic E-state index is 0. The van der Waals surface area contributed by atoms with Gasteiger partial charge < -0.3 is 10.2 Å². The molecule has 0 bridgehead atoms. The Balaban J connectivity index is 0.00000225. The molecule has 0 aliphatic carbocycles. The fourth-order valence-corrected chi connectivity index (χ4v) is 3.30. The Hall–Kier alpha value is -1.56. The van der Waals surface area contributed by atoms with Crippen LogP contribution >= 0.6 is 24.0 Å². The summed E-state index contributed by atoms with van der Waals surface area (Å²) in [5.41, 5.74) is 2.49. The van der Waals surface area contributed by atoms with Crippen molar-refractivity contribution >= 4 is 29.9 Å². The Labute approximate surface area is 159 Å². The minimum absolute atomic E-state index is 0. The molecule has 3 rings (SSSR count). The van der Waals surface area contributed by atoms with Gasteiger partial charge in [-0.1, -0.05) is 31.5 Å². The fraction of sp³-hybridized carbons (Fsp3) is 0.444. The molecule has 1 aliphatic rings. The molecule has 1 aliphatic heterocycles. The van der Waals surface area contributed by atoms with E-state index in [1.54, 1.807) is 6.20 Å². The summed E-state index contributed by atoms with van der Waals surface area (Å²) < 4.78 is 1.83. The third-order valence-electron chi connectivity index (χ3n) is 4.26. The summed E-state index contributed by atoms with van der Waals surface area (Å²) in [4.78, 5) is 14.9. The lowest BCUT2D eigenvalue weighted by atomic mass is 10.0. The maximum Gasteiger partial charge on any atom is 0.257 e. The molecule has 0 saturated carbocycles. The molecular weight excluding hydrogens is 359 g/mol. The first kappa shape index (κ1) is 19.8. The summed E-state index contributed by atoms with van der Waals surface area (Å²) >= 11 is 6.11. The number of halogens is 2. The molecule has 25 heavy (non-hydrogen) atoms. The van der Waals surface area contributed by atoms with Crippen molar-refractivity contribution in [2.24, 2.45) is 0 Å². The van der Waals surface area contributed by atoms with Crippen molar-refractivity contribution in [2.75, 3.05) is 26.2 Å². The number of hydrogen-bond acceptors (Lipinski definition) is 3. The lowest BCUT2D eigenvalue weighted by molar-refractivity contribution is 0.0765. The first-order valence-corrected chi connectivity index (χ1v) is 8.79. The van der Waals surface area contributed by atoms with Gasteiger partial charge in [0.2, 0.25) is 0 Å². The molecule has 5 nitrogen and oxygen atoms in total. The van der Waals surface area contributed by atoms with Gasteiger partial charge in [-0.25, -0.2) is 4.68 Å². The molecule has 0 spiro atoms. The number of aromatic nitrogens is 2. The average molecular weight is 383 g/mol. The Bertz CT molecular complexity index is 722. The summed E-state index contributed by atoms with van der Waals surface area (Å²) in [5, 5.41) is 8.47. The van der Waals surface area contributed by atoms with Crippen molar-refractivity contribution in [2.45, 2.75) is 26.2 Å². The third-order valence-corrected chi connectivity index (χ3v) is 4.50. The molecule has 1 aromatic heterocycles. The van der Waals surface area contributed by atoms with Crippen LogP contribution in [0.4, 0.5) is 0 Å². The van der Waals surface area contributed by atoms with E-state index in [2.05, 4.69) is 24.3 Å². The summed E-state index contributed by atoms with van der Waals surface area (Å²) in [6.07, 6.45) is 2.67. The number of carbonyl (C=O) groups is 1. The molecule has 0 unspecified atom stereocenters. The highest BCUT2D eigenvalue weighted by Gasteiger charge is 2.25. The summed E-state index contributed by atoms with van der Waals surface area (Å²) in [6.45, 7) is 7.48. The van der Waals surface area contributed by atoms with E-state index >= 15 is 0 Å². The van der Waals surface area contributed by atoms with Gasteiger partial charge in [0.15, 0.2) is 0 Å². The lowest BCUT2D eigenvalue weighted by Crippen LogP contribution is -2.34. The Morgan fingerprint density at radius 3 is 2.80 bits per heavy atom. The molecule has 1 N–H and O–H groups in total. The van der Waals surface area contributed by atoms with Gasteiger partial charge in [-0.2, -0.15) is 5.10 Å². The molecule has 0 atom stereocenters. The quantitative estimate of drug-likeness (QED) is 0.883. The first-order chi connectivity index (χ1) is 11.6. The van der Waals surface area contributed by atoms with Gasteiger partial charge in [-0.3, -0.25) is 4.79 Å². The van der Waals surface area contributed by atoms with Crippen LogP contribution in [0.3, 0.4) is 0 Å². The highest BCUT2D eigenvalue weighted by Crippen LogP contribution is 2.25. The molecule has 136 valence electrons. The zero-order valence-electron chi connectivity index (χ0n) is 14.5.